The van der Waals surface area contributed by atoms with Gasteiger partial charge in [-0.25, -0.2) is 4.79 Å². The van der Waals surface area contributed by atoms with Crippen molar-refractivity contribution in [2.45, 2.75) is 0 Å². The zero-order chi connectivity index (χ0) is 10.8. The summed E-state index contributed by atoms with van der Waals surface area (Å²) >= 11 is 0. The van der Waals surface area contributed by atoms with Crippen LogP contribution in [0.25, 0.3) is 10.8 Å². The second kappa shape index (κ2) is 5.39. The van der Waals surface area contributed by atoms with Crippen LogP contribution >= 0.6 is 0 Å². The van der Waals surface area contributed by atoms with E-state index in [1.807, 2.05) is 0 Å². The van der Waals surface area contributed by atoms with E-state index in [-0.39, 0.29) is 51.8 Å². The summed E-state index contributed by atoms with van der Waals surface area (Å²) in [5, 5.41) is 13.0. The summed E-state index contributed by atoms with van der Waals surface area (Å²) in [4.78, 5) is 21.3. The second-order valence-electron chi connectivity index (χ2n) is 3.11. The molecule has 0 amide bonds. The van der Waals surface area contributed by atoms with Crippen LogP contribution < -0.4 is 0 Å². The molecular weight excluding hydrogens is 234 g/mol. The molecular formula is C11H9CaNO3. The Morgan fingerprint density at radius 3 is 2.56 bits per heavy atom. The summed E-state index contributed by atoms with van der Waals surface area (Å²) in [6, 6.07) is 9.82. The molecule has 0 fully saturated rings. The van der Waals surface area contributed by atoms with E-state index in [4.69, 9.17) is 5.11 Å². The van der Waals surface area contributed by atoms with E-state index < -0.39 is 5.97 Å². The number of aromatic carboxylic acids is 1. The van der Waals surface area contributed by atoms with Crippen LogP contribution in [0.2, 0.25) is 0 Å². The first-order valence-electron chi connectivity index (χ1n) is 4.32. The summed E-state index contributed by atoms with van der Waals surface area (Å²) in [6.45, 7) is 0. The molecule has 0 heterocycles. The largest absolute Gasteiger partial charge is 2.00 e. The van der Waals surface area contributed by atoms with Crippen LogP contribution in [-0.4, -0.2) is 48.8 Å². The van der Waals surface area contributed by atoms with Gasteiger partial charge in [0.2, 0.25) is 0 Å². The minimum Gasteiger partial charge on any atom is -1.00 e. The van der Waals surface area contributed by atoms with Gasteiger partial charge in [-0.05, 0) is 28.1 Å². The number of hydrogen-bond donors (Lipinski definition) is 1. The Labute approximate surface area is 124 Å². The molecule has 0 aliphatic carbocycles. The summed E-state index contributed by atoms with van der Waals surface area (Å²) in [7, 11) is 0. The fourth-order valence-corrected chi connectivity index (χ4v) is 1.52. The Hall–Kier alpha value is -0.970. The summed E-state index contributed by atoms with van der Waals surface area (Å²) in [6.07, 6.45) is 0. The van der Waals surface area contributed by atoms with Crippen molar-refractivity contribution in [3.05, 3.63) is 46.9 Å². The van der Waals surface area contributed by atoms with Crippen LogP contribution in [0.1, 0.15) is 13.2 Å². The number of nitroso groups, excluding NO2 is 1. The average molecular weight is 243 g/mol. The molecule has 0 aromatic heterocycles. The molecule has 16 heavy (non-hydrogen) atoms. The van der Waals surface area contributed by atoms with E-state index in [0.29, 0.717) is 10.8 Å². The number of rotatable bonds is 2. The molecule has 0 saturated carbocycles. The normalized spacial score (nSPS) is 9.50. The smallest absolute Gasteiger partial charge is 1.00 e. The standard InChI is InChI=1S/C11H7NO3.Ca.2H/c13-11(14)10-6-8(12-15)5-7-3-1-2-4-9(7)10;;;/h1-6H,(H,13,14);;;/q;+2;2*-1. The van der Waals surface area contributed by atoms with Crippen LogP contribution in [0.4, 0.5) is 5.69 Å². The van der Waals surface area contributed by atoms with Crippen molar-refractivity contribution in [3.63, 3.8) is 0 Å². The van der Waals surface area contributed by atoms with E-state index >= 15 is 0 Å². The van der Waals surface area contributed by atoms with Crippen LogP contribution in [-0.2, 0) is 0 Å². The fraction of sp³-hybridized carbons (Fsp3) is 0. The van der Waals surface area contributed by atoms with Crippen molar-refractivity contribution < 1.29 is 12.8 Å². The molecule has 5 heteroatoms. The Balaban J connectivity index is 0. The Morgan fingerprint density at radius 2 is 1.94 bits per heavy atom. The van der Waals surface area contributed by atoms with Gasteiger partial charge in [-0.3, -0.25) is 0 Å². The quantitative estimate of drug-likeness (QED) is 0.651. The minimum atomic E-state index is -1.06. The zero-order valence-corrected chi connectivity index (χ0v) is 10.6. The Bertz CT molecular complexity index is 563. The number of carboxylic acid groups (broad SMARTS) is 1. The van der Waals surface area contributed by atoms with Crippen molar-refractivity contribution in [2.75, 3.05) is 0 Å². The van der Waals surface area contributed by atoms with Crippen molar-refractivity contribution in [2.24, 2.45) is 5.18 Å². The Kier molecular flexibility index (Phi) is 4.41. The third-order valence-corrected chi connectivity index (χ3v) is 2.18. The summed E-state index contributed by atoms with van der Waals surface area (Å²) in [5.74, 6) is -1.06. The first-order valence-corrected chi connectivity index (χ1v) is 4.32. The van der Waals surface area contributed by atoms with Gasteiger partial charge in [-0.15, -0.1) is 4.91 Å². The minimum absolute atomic E-state index is 0. The zero-order valence-electron chi connectivity index (χ0n) is 10.4. The number of hydrogen-bond acceptors (Lipinski definition) is 3. The first-order chi connectivity index (χ1) is 7.22. The van der Waals surface area contributed by atoms with Crippen molar-refractivity contribution >= 4 is 60.2 Å². The van der Waals surface area contributed by atoms with Crippen LogP contribution in [0, 0.1) is 4.91 Å². The predicted molar refractivity (Wildman–Crippen MR) is 64.3 cm³/mol. The maximum absolute atomic E-state index is 10.9. The van der Waals surface area contributed by atoms with Gasteiger partial charge >= 0.3 is 43.7 Å². The fourth-order valence-electron chi connectivity index (χ4n) is 1.52. The van der Waals surface area contributed by atoms with E-state index in [9.17, 15) is 9.70 Å². The molecule has 2 aromatic carbocycles. The van der Waals surface area contributed by atoms with E-state index in [1.165, 1.54) is 6.07 Å². The van der Waals surface area contributed by atoms with Gasteiger partial charge in [0, 0.05) is 0 Å². The van der Waals surface area contributed by atoms with E-state index in [1.54, 1.807) is 30.3 Å². The maximum Gasteiger partial charge on any atom is 2.00 e. The second-order valence-corrected chi connectivity index (χ2v) is 3.11. The van der Waals surface area contributed by atoms with Gasteiger partial charge in [-0.2, -0.15) is 0 Å². The van der Waals surface area contributed by atoms with Gasteiger partial charge in [0.1, 0.15) is 5.69 Å². The number of nitrogens with zero attached hydrogens (tertiary/aromatic N) is 1. The third kappa shape index (κ3) is 2.40. The SMILES string of the molecule is O=Nc1cc(C(=O)O)c2ccccc2c1.[Ca+2].[H-].[H-]. The molecule has 0 bridgehead atoms. The molecule has 0 saturated heterocycles. The van der Waals surface area contributed by atoms with Gasteiger partial charge in [-0.1, -0.05) is 24.3 Å². The van der Waals surface area contributed by atoms with Crippen LogP contribution in [0.5, 0.6) is 0 Å². The molecule has 78 valence electrons. The molecule has 0 atom stereocenters. The van der Waals surface area contributed by atoms with Gasteiger partial charge in [0.25, 0.3) is 0 Å². The van der Waals surface area contributed by atoms with Crippen LogP contribution in [0.15, 0.2) is 41.6 Å². The van der Waals surface area contributed by atoms with Gasteiger partial charge in [0.05, 0.1) is 5.56 Å². The monoisotopic (exact) mass is 243 g/mol. The summed E-state index contributed by atoms with van der Waals surface area (Å²) < 4.78 is 0. The number of benzene rings is 2. The van der Waals surface area contributed by atoms with E-state index in [0.717, 1.165) is 0 Å². The molecule has 0 aliphatic rings. The number of fused-ring (bicyclic) bond motifs is 1. The molecule has 4 nitrogen and oxygen atoms in total. The topological polar surface area (TPSA) is 66.7 Å². The molecule has 0 unspecified atom stereocenters. The Morgan fingerprint density at radius 1 is 1.25 bits per heavy atom. The van der Waals surface area contributed by atoms with Gasteiger partial charge in [0.15, 0.2) is 0 Å². The average Bonchev–Trinajstić information content (AvgIpc) is 2.27. The predicted octanol–water partition coefficient (Wildman–Crippen LogP) is 2.78. The molecule has 2 rings (SSSR count). The number of carbonyl (C=O) groups is 1. The van der Waals surface area contributed by atoms with Crippen LogP contribution in [0.3, 0.4) is 0 Å². The van der Waals surface area contributed by atoms with Gasteiger partial charge < -0.3 is 7.96 Å². The third-order valence-electron chi connectivity index (χ3n) is 2.18. The number of carboxylic acids is 1. The first kappa shape index (κ1) is 13.1. The van der Waals surface area contributed by atoms with Crippen molar-refractivity contribution in [1.82, 2.24) is 0 Å². The molecule has 1 N–H and O–H groups in total. The van der Waals surface area contributed by atoms with Crippen molar-refractivity contribution in [1.29, 1.82) is 0 Å². The maximum atomic E-state index is 10.9. The van der Waals surface area contributed by atoms with Crippen molar-refractivity contribution in [3.8, 4) is 0 Å². The molecule has 0 radical (unpaired) electrons. The molecule has 0 aliphatic heterocycles. The molecule has 0 spiro atoms. The van der Waals surface area contributed by atoms with E-state index in [2.05, 4.69) is 5.18 Å². The molecule has 2 aromatic rings. The summed E-state index contributed by atoms with van der Waals surface area (Å²) in [5.41, 5.74) is 0.230.